The van der Waals surface area contributed by atoms with Crippen molar-refractivity contribution in [1.82, 2.24) is 0 Å². The number of nitrogens with one attached hydrogen (secondary N) is 1. The summed E-state index contributed by atoms with van der Waals surface area (Å²) in [7, 11) is 1.56. The maximum absolute atomic E-state index is 11.5. The van der Waals surface area contributed by atoms with Gasteiger partial charge in [-0.1, -0.05) is 13.8 Å². The molecule has 0 aliphatic heterocycles. The molecule has 0 spiro atoms. The van der Waals surface area contributed by atoms with Crippen molar-refractivity contribution in [1.29, 1.82) is 0 Å². The Balaban J connectivity index is 0.00000256. The van der Waals surface area contributed by atoms with E-state index >= 15 is 0 Å². The summed E-state index contributed by atoms with van der Waals surface area (Å²) in [6, 6.07) is 5.20. The summed E-state index contributed by atoms with van der Waals surface area (Å²) in [6.07, 6.45) is 0.506. The number of hydrogen-bond acceptors (Lipinski definition) is 3. The number of carbonyl (C=O) groups excluding carboxylic acids is 1. The lowest BCUT2D eigenvalue weighted by Crippen LogP contribution is -2.13. The van der Waals surface area contributed by atoms with Gasteiger partial charge in [0, 0.05) is 12.1 Å². The van der Waals surface area contributed by atoms with Crippen molar-refractivity contribution in [3.05, 3.63) is 18.2 Å². The second kappa shape index (κ2) is 7.01. The van der Waals surface area contributed by atoms with Gasteiger partial charge in [-0.25, -0.2) is 0 Å². The number of carbonyl (C=O) groups is 1. The zero-order valence-corrected chi connectivity index (χ0v) is 11.1. The molecule has 0 saturated heterocycles. The molecule has 17 heavy (non-hydrogen) atoms. The molecule has 0 bridgehead atoms. The first-order valence-electron chi connectivity index (χ1n) is 5.26. The van der Waals surface area contributed by atoms with Crippen molar-refractivity contribution in [2.75, 3.05) is 18.2 Å². The quantitative estimate of drug-likeness (QED) is 0.816. The van der Waals surface area contributed by atoms with Gasteiger partial charge in [-0.3, -0.25) is 4.79 Å². The van der Waals surface area contributed by atoms with E-state index in [1.54, 1.807) is 25.3 Å². The van der Waals surface area contributed by atoms with Crippen LogP contribution in [0.2, 0.25) is 0 Å². The van der Waals surface area contributed by atoms with Crippen LogP contribution in [0.1, 0.15) is 20.3 Å². The summed E-state index contributed by atoms with van der Waals surface area (Å²) >= 11 is 0. The second-order valence-electron chi connectivity index (χ2n) is 4.10. The molecule has 0 heterocycles. The van der Waals surface area contributed by atoms with Gasteiger partial charge in [-0.05, 0) is 24.1 Å². The van der Waals surface area contributed by atoms with E-state index in [9.17, 15) is 4.79 Å². The van der Waals surface area contributed by atoms with Gasteiger partial charge in [-0.2, -0.15) is 0 Å². The van der Waals surface area contributed by atoms with Crippen molar-refractivity contribution < 1.29 is 9.53 Å². The normalized spacial score (nSPS) is 9.65. The Labute approximate surface area is 108 Å². The molecular weight excluding hydrogens is 240 g/mol. The van der Waals surface area contributed by atoms with Crippen LogP contribution in [-0.4, -0.2) is 13.0 Å². The first kappa shape index (κ1) is 15.6. The molecular formula is C12H19ClN2O2. The number of ether oxygens (including phenoxy) is 1. The molecule has 0 aliphatic carbocycles. The predicted molar refractivity (Wildman–Crippen MR) is 72.7 cm³/mol. The van der Waals surface area contributed by atoms with Crippen LogP contribution in [0.15, 0.2) is 18.2 Å². The van der Waals surface area contributed by atoms with Crippen LogP contribution in [0.3, 0.4) is 0 Å². The summed E-state index contributed by atoms with van der Waals surface area (Å²) in [4.78, 5) is 11.5. The van der Waals surface area contributed by atoms with Crippen LogP contribution in [0, 0.1) is 5.92 Å². The largest absolute Gasteiger partial charge is 0.495 e. The Morgan fingerprint density at radius 1 is 1.47 bits per heavy atom. The first-order chi connectivity index (χ1) is 7.52. The van der Waals surface area contributed by atoms with Crippen LogP contribution in [0.25, 0.3) is 0 Å². The van der Waals surface area contributed by atoms with Crippen molar-refractivity contribution in [2.24, 2.45) is 5.92 Å². The molecule has 0 saturated carbocycles. The van der Waals surface area contributed by atoms with Crippen LogP contribution in [-0.2, 0) is 4.79 Å². The molecule has 0 radical (unpaired) electrons. The molecule has 5 heteroatoms. The van der Waals surface area contributed by atoms with Gasteiger partial charge in [-0.15, -0.1) is 12.4 Å². The average molecular weight is 259 g/mol. The summed E-state index contributed by atoms with van der Waals surface area (Å²) in [5.41, 5.74) is 6.95. The Morgan fingerprint density at radius 3 is 2.59 bits per heavy atom. The topological polar surface area (TPSA) is 64.3 Å². The van der Waals surface area contributed by atoms with Gasteiger partial charge in [0.15, 0.2) is 0 Å². The average Bonchev–Trinajstić information content (AvgIpc) is 2.16. The third kappa shape index (κ3) is 4.95. The lowest BCUT2D eigenvalue weighted by molar-refractivity contribution is -0.116. The molecule has 1 rings (SSSR count). The molecule has 3 N–H and O–H groups in total. The van der Waals surface area contributed by atoms with Crippen molar-refractivity contribution in [3.8, 4) is 5.75 Å². The summed E-state index contributed by atoms with van der Waals surface area (Å²) in [6.45, 7) is 4.00. The zero-order chi connectivity index (χ0) is 12.1. The third-order valence-electron chi connectivity index (χ3n) is 2.11. The molecule has 4 nitrogen and oxygen atoms in total. The van der Waals surface area contributed by atoms with E-state index in [1.807, 2.05) is 13.8 Å². The Kier molecular flexibility index (Phi) is 6.43. The molecule has 1 aromatic carbocycles. The monoisotopic (exact) mass is 258 g/mol. The minimum atomic E-state index is -0.000401. The van der Waals surface area contributed by atoms with Gasteiger partial charge < -0.3 is 15.8 Å². The fourth-order valence-electron chi connectivity index (χ4n) is 1.39. The van der Waals surface area contributed by atoms with Crippen LogP contribution in [0.4, 0.5) is 11.4 Å². The van der Waals surface area contributed by atoms with Crippen molar-refractivity contribution >= 4 is 29.7 Å². The fraction of sp³-hybridized carbons (Fsp3) is 0.417. The third-order valence-corrected chi connectivity index (χ3v) is 2.11. The number of halogens is 1. The van der Waals surface area contributed by atoms with E-state index in [1.165, 1.54) is 0 Å². The zero-order valence-electron chi connectivity index (χ0n) is 10.3. The van der Waals surface area contributed by atoms with E-state index in [0.717, 1.165) is 0 Å². The maximum Gasteiger partial charge on any atom is 0.224 e. The lowest BCUT2D eigenvalue weighted by Gasteiger charge is -2.09. The number of hydrogen-bond donors (Lipinski definition) is 2. The Bertz CT molecular complexity index is 381. The van der Waals surface area contributed by atoms with Crippen LogP contribution >= 0.6 is 12.4 Å². The number of methoxy groups -OCH3 is 1. The number of anilines is 2. The highest BCUT2D eigenvalue weighted by atomic mass is 35.5. The van der Waals surface area contributed by atoms with E-state index < -0.39 is 0 Å². The van der Waals surface area contributed by atoms with E-state index in [2.05, 4.69) is 5.32 Å². The standard InChI is InChI=1S/C12H18N2O2.ClH/c1-8(2)6-12(15)14-9-4-5-11(16-3)10(13)7-9;/h4-5,7-8H,6,13H2,1-3H3,(H,14,15);1H. The molecule has 0 fully saturated rings. The molecule has 0 aromatic heterocycles. The van der Waals surface area contributed by atoms with Crippen molar-refractivity contribution in [2.45, 2.75) is 20.3 Å². The first-order valence-corrected chi connectivity index (χ1v) is 5.26. The second-order valence-corrected chi connectivity index (χ2v) is 4.10. The van der Waals surface area contributed by atoms with E-state index in [-0.39, 0.29) is 18.3 Å². The number of nitrogen functional groups attached to an aromatic ring is 1. The van der Waals surface area contributed by atoms with Gasteiger partial charge in [0.05, 0.1) is 12.8 Å². The Hall–Kier alpha value is -1.42. The minimum absolute atomic E-state index is 0. The molecule has 0 aliphatic rings. The molecule has 1 amide bonds. The summed E-state index contributed by atoms with van der Waals surface area (Å²) < 4.78 is 5.03. The highest BCUT2D eigenvalue weighted by Crippen LogP contribution is 2.24. The predicted octanol–water partition coefficient (Wildman–Crippen LogP) is 2.68. The molecule has 0 unspecified atom stereocenters. The highest BCUT2D eigenvalue weighted by Gasteiger charge is 2.06. The molecule has 1 aromatic rings. The van der Waals surface area contributed by atoms with Gasteiger partial charge in [0.25, 0.3) is 0 Å². The smallest absolute Gasteiger partial charge is 0.224 e. The van der Waals surface area contributed by atoms with Crippen molar-refractivity contribution in [3.63, 3.8) is 0 Å². The summed E-state index contributed by atoms with van der Waals surface area (Å²) in [5, 5.41) is 2.79. The number of benzene rings is 1. The SMILES string of the molecule is COc1ccc(NC(=O)CC(C)C)cc1N.Cl. The van der Waals surface area contributed by atoms with Crippen LogP contribution < -0.4 is 15.8 Å². The number of rotatable bonds is 4. The van der Waals surface area contributed by atoms with Gasteiger partial charge in [0.2, 0.25) is 5.91 Å². The fourth-order valence-corrected chi connectivity index (χ4v) is 1.39. The minimum Gasteiger partial charge on any atom is -0.495 e. The molecule has 96 valence electrons. The van der Waals surface area contributed by atoms with Gasteiger partial charge in [0.1, 0.15) is 5.75 Å². The number of amides is 1. The van der Waals surface area contributed by atoms with E-state index in [0.29, 0.717) is 29.5 Å². The highest BCUT2D eigenvalue weighted by molar-refractivity contribution is 5.91. The number of nitrogens with two attached hydrogens (primary N) is 1. The van der Waals surface area contributed by atoms with Crippen LogP contribution in [0.5, 0.6) is 5.75 Å². The summed E-state index contributed by atoms with van der Waals surface area (Å²) in [5.74, 6) is 0.956. The van der Waals surface area contributed by atoms with E-state index in [4.69, 9.17) is 10.5 Å². The molecule has 0 atom stereocenters. The lowest BCUT2D eigenvalue weighted by atomic mass is 10.1. The van der Waals surface area contributed by atoms with Gasteiger partial charge >= 0.3 is 0 Å². The maximum atomic E-state index is 11.5. The Morgan fingerprint density at radius 2 is 2.12 bits per heavy atom.